The van der Waals surface area contributed by atoms with Crippen LogP contribution in [0.15, 0.2) is 97.5 Å². The van der Waals surface area contributed by atoms with Crippen molar-refractivity contribution in [1.29, 1.82) is 0 Å². The number of rotatable bonds is 7. The highest BCUT2D eigenvalue weighted by Crippen LogP contribution is 2.31. The molecule has 5 nitrogen and oxygen atoms in total. The Bertz CT molecular complexity index is 1210. The molecule has 0 unspecified atom stereocenters. The molecule has 4 rings (SSSR count). The second-order valence-corrected chi connectivity index (χ2v) is 6.93. The van der Waals surface area contributed by atoms with E-state index >= 15 is 0 Å². The Morgan fingerprint density at radius 3 is 2.58 bits per heavy atom. The minimum absolute atomic E-state index is 0.491. The molecular formula is C26H21N3O2. The molecule has 1 aromatic heterocycles. The van der Waals surface area contributed by atoms with Gasteiger partial charge in [0.2, 0.25) is 5.91 Å². The molecule has 5 heteroatoms. The number of ether oxygens (including phenoxy) is 1. The van der Waals surface area contributed by atoms with E-state index in [-0.39, 0.29) is 0 Å². The van der Waals surface area contributed by atoms with E-state index in [1.54, 1.807) is 12.3 Å². The third-order valence-electron chi connectivity index (χ3n) is 4.75. The standard InChI is InChI=1S/C26H21N3O2/c27-26(30)12-10-21-15-22(25-13-14-28-18-29-25)9-11-24(21)20-7-4-8-23(16-20)31-17-19-5-2-1-3-6-19/h1-16,18H,17H2,(H2,27,30). The van der Waals surface area contributed by atoms with Crippen molar-refractivity contribution in [1.82, 2.24) is 9.97 Å². The molecule has 0 saturated carbocycles. The fourth-order valence-corrected chi connectivity index (χ4v) is 3.25. The van der Waals surface area contributed by atoms with Crippen molar-refractivity contribution in [3.05, 3.63) is 109 Å². The smallest absolute Gasteiger partial charge is 0.241 e. The maximum atomic E-state index is 11.3. The number of benzene rings is 3. The number of primary amides is 1. The van der Waals surface area contributed by atoms with E-state index < -0.39 is 5.91 Å². The molecule has 1 heterocycles. The number of nitrogens with zero attached hydrogens (tertiary/aromatic N) is 2. The molecule has 3 aromatic carbocycles. The van der Waals surface area contributed by atoms with Crippen LogP contribution in [0, 0.1) is 0 Å². The predicted molar refractivity (Wildman–Crippen MR) is 122 cm³/mol. The van der Waals surface area contributed by atoms with Crippen molar-refractivity contribution >= 4 is 12.0 Å². The van der Waals surface area contributed by atoms with Gasteiger partial charge in [-0.15, -0.1) is 0 Å². The molecule has 0 fully saturated rings. The molecule has 31 heavy (non-hydrogen) atoms. The molecule has 0 aliphatic carbocycles. The van der Waals surface area contributed by atoms with Gasteiger partial charge < -0.3 is 10.5 Å². The molecule has 0 bridgehead atoms. The topological polar surface area (TPSA) is 78.1 Å². The van der Waals surface area contributed by atoms with Gasteiger partial charge in [-0.1, -0.05) is 54.6 Å². The van der Waals surface area contributed by atoms with Crippen molar-refractivity contribution in [2.45, 2.75) is 6.61 Å². The van der Waals surface area contributed by atoms with Crippen molar-refractivity contribution in [3.63, 3.8) is 0 Å². The Morgan fingerprint density at radius 2 is 1.81 bits per heavy atom. The Kier molecular flexibility index (Phi) is 6.14. The van der Waals surface area contributed by atoms with Gasteiger partial charge in [-0.25, -0.2) is 9.97 Å². The zero-order valence-corrected chi connectivity index (χ0v) is 16.8. The average Bonchev–Trinajstić information content (AvgIpc) is 2.82. The third kappa shape index (κ3) is 5.22. The first-order valence-electron chi connectivity index (χ1n) is 9.84. The summed E-state index contributed by atoms with van der Waals surface area (Å²) in [6.45, 7) is 0.491. The SMILES string of the molecule is NC(=O)C=Cc1cc(-c2ccncn2)ccc1-c1cccc(OCc2ccccc2)c1. The summed E-state index contributed by atoms with van der Waals surface area (Å²) in [5, 5.41) is 0. The van der Waals surface area contributed by atoms with E-state index in [2.05, 4.69) is 9.97 Å². The highest BCUT2D eigenvalue weighted by Gasteiger charge is 2.08. The number of nitrogens with two attached hydrogens (primary N) is 1. The van der Waals surface area contributed by atoms with E-state index in [9.17, 15) is 4.79 Å². The summed E-state index contributed by atoms with van der Waals surface area (Å²) in [4.78, 5) is 19.6. The number of carbonyl (C=O) groups excluding carboxylic acids is 1. The van der Waals surface area contributed by atoms with Gasteiger partial charge in [0, 0.05) is 17.8 Å². The Labute approximate surface area is 180 Å². The predicted octanol–water partition coefficient (Wildman–Crippen LogP) is 4.89. The van der Waals surface area contributed by atoms with E-state index in [1.165, 1.54) is 12.4 Å². The summed E-state index contributed by atoms with van der Waals surface area (Å²) in [6, 6.07) is 25.7. The van der Waals surface area contributed by atoms with Crippen LogP contribution in [0.4, 0.5) is 0 Å². The minimum atomic E-state index is -0.502. The summed E-state index contributed by atoms with van der Waals surface area (Å²) in [7, 11) is 0. The largest absolute Gasteiger partial charge is 0.489 e. The van der Waals surface area contributed by atoms with Crippen LogP contribution in [0.25, 0.3) is 28.5 Å². The first kappa shape index (κ1) is 20.0. The number of hydrogen-bond donors (Lipinski definition) is 1. The second-order valence-electron chi connectivity index (χ2n) is 6.93. The fraction of sp³-hybridized carbons (Fsp3) is 0.0385. The summed E-state index contributed by atoms with van der Waals surface area (Å²) >= 11 is 0. The van der Waals surface area contributed by atoms with Crippen LogP contribution in [-0.4, -0.2) is 15.9 Å². The van der Waals surface area contributed by atoms with E-state index in [4.69, 9.17) is 10.5 Å². The molecule has 1 amide bonds. The first-order chi connectivity index (χ1) is 15.2. The molecule has 0 radical (unpaired) electrons. The zero-order chi connectivity index (χ0) is 21.5. The van der Waals surface area contributed by atoms with Crippen molar-refractivity contribution in [3.8, 4) is 28.1 Å². The van der Waals surface area contributed by atoms with Crippen LogP contribution in [0.1, 0.15) is 11.1 Å². The Hall–Kier alpha value is -4.25. The van der Waals surface area contributed by atoms with Gasteiger partial charge in [0.25, 0.3) is 0 Å². The normalized spacial score (nSPS) is 10.8. The van der Waals surface area contributed by atoms with Gasteiger partial charge >= 0.3 is 0 Å². The van der Waals surface area contributed by atoms with Gasteiger partial charge in [0.05, 0.1) is 5.69 Å². The highest BCUT2D eigenvalue weighted by molar-refractivity contribution is 5.92. The van der Waals surface area contributed by atoms with Gasteiger partial charge in [0.1, 0.15) is 18.7 Å². The van der Waals surface area contributed by atoms with Crippen LogP contribution in [0.5, 0.6) is 5.75 Å². The van der Waals surface area contributed by atoms with Crippen LogP contribution in [0.3, 0.4) is 0 Å². The quantitative estimate of drug-likeness (QED) is 0.443. The van der Waals surface area contributed by atoms with Gasteiger partial charge in [-0.05, 0) is 52.6 Å². The molecule has 0 aliphatic rings. The maximum Gasteiger partial charge on any atom is 0.241 e. The molecular weight excluding hydrogens is 386 g/mol. The van der Waals surface area contributed by atoms with Crippen molar-refractivity contribution in [2.24, 2.45) is 5.73 Å². The van der Waals surface area contributed by atoms with Crippen molar-refractivity contribution < 1.29 is 9.53 Å². The van der Waals surface area contributed by atoms with E-state index in [0.29, 0.717) is 6.61 Å². The summed E-state index contributed by atoms with van der Waals surface area (Å²) in [6.07, 6.45) is 6.29. The minimum Gasteiger partial charge on any atom is -0.489 e. The molecule has 0 saturated heterocycles. The molecule has 0 atom stereocenters. The number of aromatic nitrogens is 2. The molecule has 2 N–H and O–H groups in total. The number of carbonyl (C=O) groups is 1. The second kappa shape index (κ2) is 9.50. The third-order valence-corrected chi connectivity index (χ3v) is 4.75. The van der Waals surface area contributed by atoms with Crippen molar-refractivity contribution in [2.75, 3.05) is 0 Å². The molecule has 152 valence electrons. The lowest BCUT2D eigenvalue weighted by Crippen LogP contribution is -2.05. The lowest BCUT2D eigenvalue weighted by atomic mass is 9.96. The fourth-order valence-electron chi connectivity index (χ4n) is 3.25. The maximum absolute atomic E-state index is 11.3. The van der Waals surface area contributed by atoms with Gasteiger partial charge in [-0.3, -0.25) is 4.79 Å². The number of amides is 1. The Balaban J connectivity index is 1.67. The lowest BCUT2D eigenvalue weighted by Gasteiger charge is -2.12. The van der Waals surface area contributed by atoms with Crippen LogP contribution >= 0.6 is 0 Å². The summed E-state index contributed by atoms with van der Waals surface area (Å²) < 4.78 is 5.98. The summed E-state index contributed by atoms with van der Waals surface area (Å²) in [5.74, 6) is 0.268. The van der Waals surface area contributed by atoms with Crippen LogP contribution in [0.2, 0.25) is 0 Å². The molecule has 0 aliphatic heterocycles. The zero-order valence-electron chi connectivity index (χ0n) is 16.8. The van der Waals surface area contributed by atoms with Gasteiger partial charge in [0.15, 0.2) is 0 Å². The Morgan fingerprint density at radius 1 is 0.935 bits per heavy atom. The van der Waals surface area contributed by atoms with Crippen LogP contribution in [-0.2, 0) is 11.4 Å². The molecule has 4 aromatic rings. The first-order valence-corrected chi connectivity index (χ1v) is 9.84. The monoisotopic (exact) mass is 407 g/mol. The highest BCUT2D eigenvalue weighted by atomic mass is 16.5. The van der Waals surface area contributed by atoms with E-state index in [0.717, 1.165) is 39.3 Å². The average molecular weight is 407 g/mol. The van der Waals surface area contributed by atoms with E-state index in [1.807, 2.05) is 78.9 Å². The molecule has 0 spiro atoms. The number of hydrogen-bond acceptors (Lipinski definition) is 4. The van der Waals surface area contributed by atoms with Crippen LogP contribution < -0.4 is 10.5 Å². The van der Waals surface area contributed by atoms with Gasteiger partial charge in [-0.2, -0.15) is 0 Å². The summed E-state index contributed by atoms with van der Waals surface area (Å²) in [5.41, 5.74) is 10.9. The lowest BCUT2D eigenvalue weighted by molar-refractivity contribution is -0.113.